The lowest BCUT2D eigenvalue weighted by Gasteiger charge is -2.11. The van der Waals surface area contributed by atoms with Crippen LogP contribution in [0.4, 0.5) is 8.78 Å². The molecule has 0 aliphatic rings. The molecule has 154 valence electrons. The summed E-state index contributed by atoms with van der Waals surface area (Å²) in [5, 5.41) is 8.70. The minimum atomic E-state index is -1.04. The Kier molecular flexibility index (Phi) is 7.87. The summed E-state index contributed by atoms with van der Waals surface area (Å²) in [5.41, 5.74) is 1.18. The van der Waals surface area contributed by atoms with Crippen LogP contribution in [0.1, 0.15) is 11.1 Å². The van der Waals surface area contributed by atoms with E-state index in [1.165, 1.54) is 23.9 Å². The third-order valence-electron chi connectivity index (χ3n) is 4.12. The monoisotopic (exact) mass is 538 g/mol. The Morgan fingerprint density at radius 3 is 2.13 bits per heavy atom. The summed E-state index contributed by atoms with van der Waals surface area (Å²) in [7, 11) is 0. The average molecular weight is 538 g/mol. The predicted molar refractivity (Wildman–Crippen MR) is 123 cm³/mol. The first-order chi connectivity index (χ1) is 14.5. The first-order valence-corrected chi connectivity index (χ1v) is 11.0. The topological polar surface area (TPSA) is 46.5 Å². The molecular weight excluding hydrogens is 521 g/mol. The molecule has 0 amide bonds. The first kappa shape index (κ1) is 22.3. The molecule has 0 unspecified atom stereocenters. The molecule has 3 aromatic rings. The van der Waals surface area contributed by atoms with Crippen LogP contribution in [0.5, 0.6) is 5.75 Å². The number of halogens is 3. The molecule has 0 aliphatic carbocycles. The smallest absolute Gasteiger partial charge is 0.341 e. The summed E-state index contributed by atoms with van der Waals surface area (Å²) >= 11 is 3.65. The Labute approximate surface area is 190 Å². The fourth-order valence-electron chi connectivity index (χ4n) is 2.77. The maximum absolute atomic E-state index is 14.4. The Morgan fingerprint density at radius 2 is 1.60 bits per heavy atom. The fraction of sp³-hybridized carbons (Fsp3) is 0.0870. The lowest BCUT2D eigenvalue weighted by Crippen LogP contribution is -2.09. The number of ether oxygens (including phenoxy) is 1. The maximum atomic E-state index is 14.4. The number of hydrogen-bond acceptors (Lipinski definition) is 3. The van der Waals surface area contributed by atoms with Crippen LogP contribution in [-0.2, 0) is 4.79 Å². The van der Waals surface area contributed by atoms with Crippen molar-refractivity contribution in [2.75, 3.05) is 12.4 Å². The Bertz CT molecular complexity index is 1040. The van der Waals surface area contributed by atoms with E-state index in [-0.39, 0.29) is 0 Å². The van der Waals surface area contributed by atoms with Crippen molar-refractivity contribution in [3.05, 3.63) is 99.1 Å². The number of benzene rings is 3. The van der Waals surface area contributed by atoms with Gasteiger partial charge in [0.25, 0.3) is 0 Å². The first-order valence-electron chi connectivity index (χ1n) is 8.92. The van der Waals surface area contributed by atoms with Gasteiger partial charge < -0.3 is 9.84 Å². The van der Waals surface area contributed by atoms with Gasteiger partial charge in [0, 0.05) is 25.3 Å². The quantitative estimate of drug-likeness (QED) is 0.272. The number of hydrogen-bond donors (Lipinski definition) is 1. The average Bonchev–Trinajstić information content (AvgIpc) is 2.72. The molecule has 0 saturated heterocycles. The van der Waals surface area contributed by atoms with E-state index in [1.807, 2.05) is 12.1 Å². The van der Waals surface area contributed by atoms with E-state index in [0.717, 1.165) is 8.47 Å². The van der Waals surface area contributed by atoms with E-state index in [4.69, 9.17) is 9.84 Å². The second-order valence-corrected chi connectivity index (χ2v) is 8.39. The zero-order chi connectivity index (χ0) is 21.5. The fourth-order valence-corrected chi connectivity index (χ4v) is 4.52. The van der Waals surface area contributed by atoms with Gasteiger partial charge in [-0.15, -0.1) is 11.8 Å². The van der Waals surface area contributed by atoms with Crippen molar-refractivity contribution in [2.24, 2.45) is 0 Å². The van der Waals surface area contributed by atoms with Crippen LogP contribution in [0.2, 0.25) is 0 Å². The van der Waals surface area contributed by atoms with Crippen molar-refractivity contribution >= 4 is 45.9 Å². The number of rotatable bonds is 8. The zero-order valence-corrected chi connectivity index (χ0v) is 18.6. The minimum Gasteiger partial charge on any atom is -0.482 e. The van der Waals surface area contributed by atoms with Crippen LogP contribution in [0.3, 0.4) is 0 Å². The van der Waals surface area contributed by atoms with Gasteiger partial charge in [0.15, 0.2) is 6.61 Å². The number of carbonyl (C=O) groups is 1. The molecule has 0 heterocycles. The predicted octanol–water partition coefficient (Wildman–Crippen LogP) is 6.26. The Hall–Kier alpha value is -2.39. The Balaban J connectivity index is 1.83. The lowest BCUT2D eigenvalue weighted by atomic mass is 9.97. The molecule has 30 heavy (non-hydrogen) atoms. The molecule has 0 fully saturated rings. The summed E-state index contributed by atoms with van der Waals surface area (Å²) in [6.07, 6.45) is 1.81. The molecule has 0 aromatic heterocycles. The Morgan fingerprint density at radius 1 is 1.00 bits per heavy atom. The summed E-state index contributed by atoms with van der Waals surface area (Å²) in [5.74, 6) is -0.899. The van der Waals surface area contributed by atoms with Gasteiger partial charge in [-0.3, -0.25) is 0 Å². The highest BCUT2D eigenvalue weighted by Gasteiger charge is 2.13. The van der Waals surface area contributed by atoms with E-state index in [9.17, 15) is 13.6 Å². The summed E-state index contributed by atoms with van der Waals surface area (Å²) in [4.78, 5) is 11.6. The summed E-state index contributed by atoms with van der Waals surface area (Å²) < 4.78 is 34.9. The third-order valence-corrected chi connectivity index (χ3v) is 6.38. The molecule has 3 nitrogen and oxygen atoms in total. The molecule has 0 saturated carbocycles. The van der Waals surface area contributed by atoms with E-state index in [2.05, 4.69) is 22.6 Å². The van der Waals surface area contributed by atoms with Gasteiger partial charge in [-0.25, -0.2) is 13.6 Å². The molecule has 3 rings (SSSR count). The van der Waals surface area contributed by atoms with Gasteiger partial charge >= 0.3 is 5.97 Å². The van der Waals surface area contributed by atoms with E-state index >= 15 is 0 Å². The van der Waals surface area contributed by atoms with Crippen molar-refractivity contribution in [1.29, 1.82) is 0 Å². The van der Waals surface area contributed by atoms with Gasteiger partial charge in [0.2, 0.25) is 0 Å². The molecule has 1 N–H and O–H groups in total. The van der Waals surface area contributed by atoms with Gasteiger partial charge in [0.05, 0.1) is 0 Å². The lowest BCUT2D eigenvalue weighted by molar-refractivity contribution is -0.139. The second-order valence-electron chi connectivity index (χ2n) is 6.16. The normalized spacial score (nSPS) is 10.5. The van der Waals surface area contributed by atoms with Crippen LogP contribution in [0.25, 0.3) is 5.57 Å². The second kappa shape index (κ2) is 10.6. The highest BCUT2D eigenvalue weighted by atomic mass is 127. The largest absolute Gasteiger partial charge is 0.482 e. The SMILES string of the molecule is O=C(O)COc1ccc(SCC=C(c2ccccc2F)c2ccccc2F)c(I)c1. The van der Waals surface area contributed by atoms with Crippen molar-refractivity contribution in [3.63, 3.8) is 0 Å². The van der Waals surface area contributed by atoms with E-state index < -0.39 is 24.2 Å². The third kappa shape index (κ3) is 5.82. The number of carboxylic acid groups (broad SMARTS) is 1. The minimum absolute atomic E-state index is 0.343. The van der Waals surface area contributed by atoms with Crippen LogP contribution in [0.15, 0.2) is 77.7 Å². The summed E-state index contributed by atoms with van der Waals surface area (Å²) in [6.45, 7) is -0.403. The van der Waals surface area contributed by atoms with Gasteiger partial charge in [-0.2, -0.15) is 0 Å². The highest BCUT2D eigenvalue weighted by molar-refractivity contribution is 14.1. The van der Waals surface area contributed by atoms with Gasteiger partial charge in [-0.05, 0) is 58.5 Å². The number of thioether (sulfide) groups is 1. The maximum Gasteiger partial charge on any atom is 0.341 e. The standard InChI is InChI=1S/C23H17F2IO3S/c24-19-7-3-1-5-17(19)16(18-6-2-4-8-20(18)25)11-12-30-22-10-9-15(13-21(22)26)29-14-23(27)28/h1-11,13H,12,14H2,(H,27,28). The number of carboxylic acids is 1. The van der Waals surface area contributed by atoms with Crippen LogP contribution >= 0.6 is 34.4 Å². The van der Waals surface area contributed by atoms with Crippen molar-refractivity contribution < 1.29 is 23.4 Å². The molecule has 0 bridgehead atoms. The molecule has 0 radical (unpaired) electrons. The van der Waals surface area contributed by atoms with E-state index in [0.29, 0.717) is 28.2 Å². The molecule has 0 spiro atoms. The van der Waals surface area contributed by atoms with Crippen LogP contribution in [0, 0.1) is 15.2 Å². The van der Waals surface area contributed by atoms with Crippen molar-refractivity contribution in [1.82, 2.24) is 0 Å². The highest BCUT2D eigenvalue weighted by Crippen LogP contribution is 2.31. The molecule has 3 aromatic carbocycles. The summed E-state index contributed by atoms with van der Waals surface area (Å²) in [6, 6.07) is 17.9. The molecule has 0 aliphatic heterocycles. The molecule has 0 atom stereocenters. The van der Waals surface area contributed by atoms with Crippen LogP contribution < -0.4 is 4.74 Å². The zero-order valence-electron chi connectivity index (χ0n) is 15.6. The van der Waals surface area contributed by atoms with Crippen LogP contribution in [-0.4, -0.2) is 23.4 Å². The van der Waals surface area contributed by atoms with Gasteiger partial charge in [-0.1, -0.05) is 42.5 Å². The molecule has 7 heteroatoms. The van der Waals surface area contributed by atoms with Gasteiger partial charge in [0.1, 0.15) is 17.4 Å². The number of aliphatic carboxylic acids is 1. The van der Waals surface area contributed by atoms with Crippen molar-refractivity contribution in [3.8, 4) is 5.75 Å². The van der Waals surface area contributed by atoms with Crippen molar-refractivity contribution in [2.45, 2.75) is 4.90 Å². The van der Waals surface area contributed by atoms with E-state index in [1.54, 1.807) is 48.5 Å². The molecular formula is C23H17F2IO3S.